The lowest BCUT2D eigenvalue weighted by Crippen LogP contribution is -2.22. The van der Waals surface area contributed by atoms with Crippen LogP contribution >= 0.6 is 22.9 Å². The average Bonchev–Trinajstić information content (AvgIpc) is 2.91. The number of halogens is 1. The summed E-state index contributed by atoms with van der Waals surface area (Å²) >= 11 is 7.47. The molecule has 0 fully saturated rings. The quantitative estimate of drug-likeness (QED) is 0.531. The van der Waals surface area contributed by atoms with E-state index in [1.54, 1.807) is 22.8 Å². The smallest absolute Gasteiger partial charge is 0.267 e. The zero-order valence-electron chi connectivity index (χ0n) is 11.6. The topological polar surface area (TPSA) is 47.8 Å². The number of fused-ring (bicyclic) bond motifs is 2. The van der Waals surface area contributed by atoms with Crippen LogP contribution in [0.15, 0.2) is 47.3 Å². The summed E-state index contributed by atoms with van der Waals surface area (Å²) in [6.45, 7) is 1.81. The lowest BCUT2D eigenvalue weighted by molar-refractivity contribution is 0.888. The van der Waals surface area contributed by atoms with Crippen LogP contribution in [-0.4, -0.2) is 14.5 Å². The molecule has 0 bridgehead atoms. The molecule has 4 nitrogen and oxygen atoms in total. The van der Waals surface area contributed by atoms with Crippen LogP contribution in [0.25, 0.3) is 26.3 Å². The van der Waals surface area contributed by atoms with Crippen molar-refractivity contribution in [2.45, 2.75) is 6.92 Å². The van der Waals surface area contributed by atoms with Crippen LogP contribution in [0, 0.1) is 6.92 Å². The molecule has 0 N–H and O–H groups in total. The van der Waals surface area contributed by atoms with Gasteiger partial charge in [0, 0.05) is 5.02 Å². The molecule has 4 aromatic rings. The Morgan fingerprint density at radius 3 is 2.73 bits per heavy atom. The van der Waals surface area contributed by atoms with Crippen molar-refractivity contribution in [2.24, 2.45) is 0 Å². The summed E-state index contributed by atoms with van der Waals surface area (Å²) in [5, 5.41) is 1.64. The highest BCUT2D eigenvalue weighted by Crippen LogP contribution is 2.25. The number of aromatic nitrogens is 3. The third-order valence-electron chi connectivity index (χ3n) is 3.47. The lowest BCUT2D eigenvalue weighted by atomic mass is 10.2. The molecule has 0 unspecified atom stereocenters. The highest BCUT2D eigenvalue weighted by molar-refractivity contribution is 7.20. The third kappa shape index (κ3) is 2.01. The number of hydrogen-bond acceptors (Lipinski definition) is 4. The summed E-state index contributed by atoms with van der Waals surface area (Å²) in [7, 11) is 0. The number of para-hydroxylation sites is 1. The molecule has 2 aromatic heterocycles. The number of thiazole rings is 1. The molecule has 0 amide bonds. The minimum absolute atomic E-state index is 0.149. The molecular weight excluding hydrogens is 318 g/mol. The van der Waals surface area contributed by atoms with Gasteiger partial charge < -0.3 is 0 Å². The Kier molecular flexibility index (Phi) is 2.99. The van der Waals surface area contributed by atoms with Crippen LogP contribution in [-0.2, 0) is 0 Å². The second kappa shape index (κ2) is 4.90. The molecule has 0 aliphatic carbocycles. The van der Waals surface area contributed by atoms with E-state index in [9.17, 15) is 4.79 Å². The lowest BCUT2D eigenvalue weighted by Gasteiger charge is -2.07. The summed E-state index contributed by atoms with van der Waals surface area (Å²) < 4.78 is 2.58. The summed E-state index contributed by atoms with van der Waals surface area (Å²) in [5.74, 6) is 0.610. The fourth-order valence-electron chi connectivity index (χ4n) is 2.45. The van der Waals surface area contributed by atoms with Crippen LogP contribution in [0.5, 0.6) is 0 Å². The molecule has 0 radical (unpaired) electrons. The summed E-state index contributed by atoms with van der Waals surface area (Å²) in [6.07, 6.45) is 0. The normalized spacial score (nSPS) is 11.4. The van der Waals surface area contributed by atoms with Crippen LogP contribution in [0.1, 0.15) is 5.82 Å². The molecule has 0 spiro atoms. The van der Waals surface area contributed by atoms with Crippen LogP contribution in [0.2, 0.25) is 5.02 Å². The van der Waals surface area contributed by atoms with Gasteiger partial charge in [-0.3, -0.25) is 4.79 Å². The Morgan fingerprint density at radius 2 is 1.91 bits per heavy atom. The first-order chi connectivity index (χ1) is 10.6. The molecule has 2 aromatic carbocycles. The Balaban J connectivity index is 2.07. The van der Waals surface area contributed by atoms with E-state index in [0.717, 1.165) is 10.2 Å². The minimum atomic E-state index is -0.149. The molecule has 6 heteroatoms. The zero-order chi connectivity index (χ0) is 15.3. The van der Waals surface area contributed by atoms with Crippen molar-refractivity contribution in [3.05, 3.63) is 63.7 Å². The number of aryl methyl sites for hydroxylation is 1. The van der Waals surface area contributed by atoms with E-state index < -0.39 is 0 Å². The van der Waals surface area contributed by atoms with Crippen LogP contribution in [0.4, 0.5) is 0 Å². The highest BCUT2D eigenvalue weighted by Gasteiger charge is 2.13. The average molecular weight is 328 g/mol. The van der Waals surface area contributed by atoms with Gasteiger partial charge in [-0.25, -0.2) is 14.5 Å². The highest BCUT2D eigenvalue weighted by atomic mass is 35.5. The van der Waals surface area contributed by atoms with E-state index in [4.69, 9.17) is 11.6 Å². The SMILES string of the molecule is Cc1nc2ccc(Cl)cc2c(=O)n1-c1nc2ccccc2s1. The molecule has 22 heavy (non-hydrogen) atoms. The van der Waals surface area contributed by atoms with E-state index in [0.29, 0.717) is 26.9 Å². The molecule has 0 aliphatic rings. The fraction of sp³-hybridized carbons (Fsp3) is 0.0625. The minimum Gasteiger partial charge on any atom is -0.268 e. The van der Waals surface area contributed by atoms with Crippen molar-refractivity contribution in [2.75, 3.05) is 0 Å². The number of rotatable bonds is 1. The Morgan fingerprint density at radius 1 is 1.09 bits per heavy atom. The van der Waals surface area contributed by atoms with Gasteiger partial charge in [0.1, 0.15) is 5.82 Å². The first kappa shape index (κ1) is 13.4. The van der Waals surface area contributed by atoms with Crippen molar-refractivity contribution < 1.29 is 0 Å². The third-order valence-corrected chi connectivity index (χ3v) is 4.73. The predicted molar refractivity (Wildman–Crippen MR) is 90.3 cm³/mol. The molecule has 2 heterocycles. The van der Waals surface area contributed by atoms with Gasteiger partial charge in [0.05, 0.1) is 21.1 Å². The molecule has 0 saturated heterocycles. The van der Waals surface area contributed by atoms with Crippen molar-refractivity contribution in [3.8, 4) is 5.13 Å². The monoisotopic (exact) mass is 327 g/mol. The van der Waals surface area contributed by atoms with Gasteiger partial charge in [0.25, 0.3) is 5.56 Å². The molecule has 4 rings (SSSR count). The maximum absolute atomic E-state index is 12.8. The van der Waals surface area contributed by atoms with Gasteiger partial charge in [-0.2, -0.15) is 0 Å². The number of hydrogen-bond donors (Lipinski definition) is 0. The van der Waals surface area contributed by atoms with E-state index >= 15 is 0 Å². The Hall–Kier alpha value is -2.24. The summed E-state index contributed by atoms with van der Waals surface area (Å²) in [5.41, 5.74) is 1.37. The first-order valence-corrected chi connectivity index (χ1v) is 7.88. The Bertz CT molecular complexity index is 1050. The zero-order valence-corrected chi connectivity index (χ0v) is 13.1. The predicted octanol–water partition coefficient (Wildman–Crippen LogP) is 3.96. The molecular formula is C16H10ClN3OS. The molecule has 0 atom stereocenters. The molecule has 0 saturated carbocycles. The number of nitrogens with zero attached hydrogens (tertiary/aromatic N) is 3. The number of benzene rings is 2. The van der Waals surface area contributed by atoms with Gasteiger partial charge >= 0.3 is 0 Å². The van der Waals surface area contributed by atoms with Crippen LogP contribution < -0.4 is 5.56 Å². The van der Waals surface area contributed by atoms with Gasteiger partial charge in [0.2, 0.25) is 0 Å². The first-order valence-electron chi connectivity index (χ1n) is 6.68. The second-order valence-electron chi connectivity index (χ2n) is 4.93. The van der Waals surface area contributed by atoms with Gasteiger partial charge in [-0.05, 0) is 37.3 Å². The summed E-state index contributed by atoms with van der Waals surface area (Å²) in [6, 6.07) is 12.9. The van der Waals surface area contributed by atoms with Crippen molar-refractivity contribution in [1.29, 1.82) is 0 Å². The van der Waals surface area contributed by atoms with Crippen molar-refractivity contribution in [1.82, 2.24) is 14.5 Å². The standard InChI is InChI=1S/C16H10ClN3OS/c1-9-18-12-7-6-10(17)8-11(12)15(21)20(9)16-19-13-4-2-3-5-14(13)22-16/h2-8H,1H3. The van der Waals surface area contributed by atoms with E-state index in [2.05, 4.69) is 9.97 Å². The van der Waals surface area contributed by atoms with Crippen molar-refractivity contribution >= 4 is 44.1 Å². The largest absolute Gasteiger partial charge is 0.268 e. The van der Waals surface area contributed by atoms with E-state index in [-0.39, 0.29) is 5.56 Å². The van der Waals surface area contributed by atoms with E-state index in [1.807, 2.05) is 31.2 Å². The molecule has 0 aliphatic heterocycles. The van der Waals surface area contributed by atoms with Gasteiger partial charge in [-0.1, -0.05) is 35.1 Å². The van der Waals surface area contributed by atoms with E-state index in [1.165, 1.54) is 11.3 Å². The van der Waals surface area contributed by atoms with Gasteiger partial charge in [0.15, 0.2) is 5.13 Å². The fourth-order valence-corrected chi connectivity index (χ4v) is 3.63. The second-order valence-corrected chi connectivity index (χ2v) is 6.37. The Labute approximate surface area is 134 Å². The van der Waals surface area contributed by atoms with Crippen LogP contribution in [0.3, 0.4) is 0 Å². The summed E-state index contributed by atoms with van der Waals surface area (Å²) in [4.78, 5) is 21.8. The van der Waals surface area contributed by atoms with Crippen molar-refractivity contribution in [3.63, 3.8) is 0 Å². The maximum atomic E-state index is 12.8. The molecule has 108 valence electrons. The van der Waals surface area contributed by atoms with Gasteiger partial charge in [-0.15, -0.1) is 0 Å². The maximum Gasteiger partial charge on any atom is 0.267 e.